The van der Waals surface area contributed by atoms with Crippen molar-refractivity contribution in [2.24, 2.45) is 0 Å². The molecule has 0 aromatic carbocycles. The van der Waals surface area contributed by atoms with E-state index >= 15 is 0 Å². The van der Waals surface area contributed by atoms with E-state index in [0.29, 0.717) is 0 Å². The van der Waals surface area contributed by atoms with Crippen molar-refractivity contribution >= 4 is 15.9 Å². The van der Waals surface area contributed by atoms with Gasteiger partial charge in [-0.1, -0.05) is 0 Å². The quantitative estimate of drug-likeness (QED) is 0.794. The van der Waals surface area contributed by atoms with Crippen LogP contribution in [0.1, 0.15) is 17.0 Å². The molecule has 0 unspecified atom stereocenters. The van der Waals surface area contributed by atoms with Crippen molar-refractivity contribution < 1.29 is 0 Å². The van der Waals surface area contributed by atoms with E-state index in [1.165, 1.54) is 0 Å². The van der Waals surface area contributed by atoms with Gasteiger partial charge in [0.05, 0.1) is 10.2 Å². The molecule has 0 amide bonds. The highest BCUT2D eigenvalue weighted by Crippen LogP contribution is 2.21. The van der Waals surface area contributed by atoms with E-state index in [2.05, 4.69) is 32.0 Å². The number of halogens is 1. The number of imidazole rings is 1. The average molecular weight is 266 g/mol. The standard InChI is InChI=1S/C11H12BrN3/c1-7-4-10(12)11(13-5-7)15-6-14-8(2)9(15)3/h4-6H,1-3H3. The lowest BCUT2D eigenvalue weighted by molar-refractivity contribution is 0.939. The first-order valence-corrected chi connectivity index (χ1v) is 5.52. The van der Waals surface area contributed by atoms with Gasteiger partial charge in [0.25, 0.3) is 0 Å². The van der Waals surface area contributed by atoms with Crippen LogP contribution in [0, 0.1) is 20.8 Å². The lowest BCUT2D eigenvalue weighted by atomic mass is 10.3. The minimum atomic E-state index is 0.888. The Bertz CT molecular complexity index is 503. The van der Waals surface area contributed by atoms with Crippen molar-refractivity contribution in [2.75, 3.05) is 0 Å². The van der Waals surface area contributed by atoms with E-state index in [9.17, 15) is 0 Å². The Labute approximate surface area is 97.3 Å². The molecule has 15 heavy (non-hydrogen) atoms. The van der Waals surface area contributed by atoms with Crippen molar-refractivity contribution in [3.8, 4) is 5.82 Å². The fourth-order valence-corrected chi connectivity index (χ4v) is 2.07. The largest absolute Gasteiger partial charge is 0.287 e. The summed E-state index contributed by atoms with van der Waals surface area (Å²) >= 11 is 3.52. The molecule has 0 atom stereocenters. The van der Waals surface area contributed by atoms with Crippen molar-refractivity contribution in [3.63, 3.8) is 0 Å². The number of aromatic nitrogens is 3. The number of hydrogen-bond donors (Lipinski definition) is 0. The molecule has 0 fully saturated rings. The fourth-order valence-electron chi connectivity index (χ4n) is 1.42. The highest BCUT2D eigenvalue weighted by Gasteiger charge is 2.08. The molecule has 2 rings (SSSR count). The van der Waals surface area contributed by atoms with Crippen molar-refractivity contribution in [3.05, 3.63) is 40.0 Å². The molecule has 0 aliphatic heterocycles. The molecule has 0 aliphatic carbocycles. The summed E-state index contributed by atoms with van der Waals surface area (Å²) in [6, 6.07) is 2.05. The normalized spacial score (nSPS) is 10.7. The zero-order valence-corrected chi connectivity index (χ0v) is 10.5. The van der Waals surface area contributed by atoms with Gasteiger partial charge in [-0.15, -0.1) is 0 Å². The van der Waals surface area contributed by atoms with Crippen LogP contribution in [0.15, 0.2) is 23.1 Å². The van der Waals surface area contributed by atoms with Gasteiger partial charge < -0.3 is 0 Å². The maximum absolute atomic E-state index is 4.40. The van der Waals surface area contributed by atoms with E-state index in [1.807, 2.05) is 31.5 Å². The van der Waals surface area contributed by atoms with Crippen LogP contribution in [0.3, 0.4) is 0 Å². The van der Waals surface area contributed by atoms with Crippen LogP contribution in [-0.2, 0) is 0 Å². The first-order valence-electron chi connectivity index (χ1n) is 4.72. The smallest absolute Gasteiger partial charge is 0.152 e. The second-order valence-electron chi connectivity index (χ2n) is 3.60. The van der Waals surface area contributed by atoms with Gasteiger partial charge in [-0.2, -0.15) is 0 Å². The van der Waals surface area contributed by atoms with E-state index < -0.39 is 0 Å². The predicted molar refractivity (Wildman–Crippen MR) is 63.3 cm³/mol. The Hall–Kier alpha value is -1.16. The summed E-state index contributed by atoms with van der Waals surface area (Å²) in [5.74, 6) is 0.888. The molecule has 0 aliphatic rings. The zero-order chi connectivity index (χ0) is 11.0. The van der Waals surface area contributed by atoms with Gasteiger partial charge in [-0.05, 0) is 48.3 Å². The van der Waals surface area contributed by atoms with Gasteiger partial charge in [-0.3, -0.25) is 4.57 Å². The lowest BCUT2D eigenvalue weighted by Crippen LogP contribution is -2.00. The monoisotopic (exact) mass is 265 g/mol. The summed E-state index contributed by atoms with van der Waals surface area (Å²) in [6.07, 6.45) is 3.65. The topological polar surface area (TPSA) is 30.7 Å². The maximum atomic E-state index is 4.40. The van der Waals surface area contributed by atoms with Gasteiger partial charge in [0, 0.05) is 11.9 Å². The van der Waals surface area contributed by atoms with Crippen molar-refractivity contribution in [1.29, 1.82) is 0 Å². The first kappa shape index (κ1) is 10.4. The van der Waals surface area contributed by atoms with Crippen LogP contribution in [0.4, 0.5) is 0 Å². The Morgan fingerprint density at radius 3 is 2.47 bits per heavy atom. The summed E-state index contributed by atoms with van der Waals surface area (Å²) in [5, 5.41) is 0. The van der Waals surface area contributed by atoms with E-state index in [1.54, 1.807) is 6.33 Å². The highest BCUT2D eigenvalue weighted by molar-refractivity contribution is 9.10. The second kappa shape index (κ2) is 3.77. The summed E-state index contributed by atoms with van der Waals surface area (Å²) in [6.45, 7) is 6.05. The van der Waals surface area contributed by atoms with Crippen LogP contribution in [-0.4, -0.2) is 14.5 Å². The van der Waals surface area contributed by atoms with Crippen LogP contribution in [0.25, 0.3) is 5.82 Å². The molecule has 0 saturated carbocycles. The molecule has 2 aromatic rings. The molecular weight excluding hydrogens is 254 g/mol. The first-order chi connectivity index (χ1) is 7.09. The average Bonchev–Trinajstić information content (AvgIpc) is 2.49. The lowest BCUT2D eigenvalue weighted by Gasteiger charge is -2.07. The maximum Gasteiger partial charge on any atom is 0.152 e. The number of aryl methyl sites for hydroxylation is 2. The molecule has 2 heterocycles. The predicted octanol–water partition coefficient (Wildman–Crippen LogP) is 2.96. The molecule has 3 nitrogen and oxygen atoms in total. The second-order valence-corrected chi connectivity index (χ2v) is 4.46. The van der Waals surface area contributed by atoms with Crippen LogP contribution >= 0.6 is 15.9 Å². The fraction of sp³-hybridized carbons (Fsp3) is 0.273. The SMILES string of the molecule is Cc1cnc(-n2cnc(C)c2C)c(Br)c1. The molecule has 2 aromatic heterocycles. The molecule has 0 spiro atoms. The molecule has 0 bridgehead atoms. The Kier molecular flexibility index (Phi) is 2.61. The van der Waals surface area contributed by atoms with E-state index in [4.69, 9.17) is 0 Å². The zero-order valence-electron chi connectivity index (χ0n) is 8.95. The third kappa shape index (κ3) is 1.81. The molecule has 78 valence electrons. The number of pyridine rings is 1. The molecule has 0 radical (unpaired) electrons. The van der Waals surface area contributed by atoms with Gasteiger partial charge in [0.2, 0.25) is 0 Å². The Morgan fingerprint density at radius 1 is 1.20 bits per heavy atom. The van der Waals surface area contributed by atoms with Crippen LogP contribution in [0.5, 0.6) is 0 Å². The van der Waals surface area contributed by atoms with Gasteiger partial charge in [0.1, 0.15) is 6.33 Å². The summed E-state index contributed by atoms with van der Waals surface area (Å²) in [7, 11) is 0. The number of nitrogens with zero attached hydrogens (tertiary/aromatic N) is 3. The summed E-state index contributed by atoms with van der Waals surface area (Å²) in [5.41, 5.74) is 3.29. The Balaban J connectivity index is 2.59. The van der Waals surface area contributed by atoms with Gasteiger partial charge in [0.15, 0.2) is 5.82 Å². The molecule has 4 heteroatoms. The van der Waals surface area contributed by atoms with E-state index in [0.717, 1.165) is 27.2 Å². The van der Waals surface area contributed by atoms with E-state index in [-0.39, 0.29) is 0 Å². The van der Waals surface area contributed by atoms with Gasteiger partial charge >= 0.3 is 0 Å². The summed E-state index contributed by atoms with van der Waals surface area (Å²) < 4.78 is 2.97. The minimum absolute atomic E-state index is 0.888. The molecular formula is C11H12BrN3. The minimum Gasteiger partial charge on any atom is -0.287 e. The van der Waals surface area contributed by atoms with Crippen molar-refractivity contribution in [1.82, 2.24) is 14.5 Å². The van der Waals surface area contributed by atoms with Crippen LogP contribution in [0.2, 0.25) is 0 Å². The number of hydrogen-bond acceptors (Lipinski definition) is 2. The van der Waals surface area contributed by atoms with Gasteiger partial charge in [-0.25, -0.2) is 9.97 Å². The highest BCUT2D eigenvalue weighted by atomic mass is 79.9. The molecule has 0 N–H and O–H groups in total. The van der Waals surface area contributed by atoms with Crippen LogP contribution < -0.4 is 0 Å². The molecule has 0 saturated heterocycles. The third-order valence-corrected chi connectivity index (χ3v) is 3.02. The summed E-state index contributed by atoms with van der Waals surface area (Å²) in [4.78, 5) is 8.66. The number of rotatable bonds is 1. The Morgan fingerprint density at radius 2 is 1.93 bits per heavy atom. The van der Waals surface area contributed by atoms with Crippen molar-refractivity contribution in [2.45, 2.75) is 20.8 Å². The third-order valence-electron chi connectivity index (χ3n) is 2.44.